The SMILES string of the molecule is CNC(=O)CCCn1cc(NC(=O)c2c(C)ccn(CCc3ccccc3)c2=O)cn1. The number of aromatic nitrogens is 3. The molecule has 8 nitrogen and oxygen atoms in total. The summed E-state index contributed by atoms with van der Waals surface area (Å²) < 4.78 is 3.23. The molecule has 8 heteroatoms. The average Bonchev–Trinajstić information content (AvgIpc) is 3.20. The van der Waals surface area contributed by atoms with Crippen LogP contribution in [0.25, 0.3) is 0 Å². The van der Waals surface area contributed by atoms with Crippen LogP contribution in [0.2, 0.25) is 0 Å². The lowest BCUT2D eigenvalue weighted by atomic mass is 10.1. The van der Waals surface area contributed by atoms with Crippen LogP contribution in [0.3, 0.4) is 0 Å². The fraction of sp³-hybridized carbons (Fsp3) is 0.304. The summed E-state index contributed by atoms with van der Waals surface area (Å²) in [5.74, 6) is -0.481. The largest absolute Gasteiger partial charge is 0.359 e. The molecule has 31 heavy (non-hydrogen) atoms. The second kappa shape index (κ2) is 10.4. The topological polar surface area (TPSA) is 98.0 Å². The smallest absolute Gasteiger partial charge is 0.263 e. The van der Waals surface area contributed by atoms with E-state index in [2.05, 4.69) is 15.7 Å². The van der Waals surface area contributed by atoms with Gasteiger partial charge in [-0.2, -0.15) is 5.10 Å². The molecule has 0 unspecified atom stereocenters. The molecule has 0 saturated heterocycles. The van der Waals surface area contributed by atoms with Crippen molar-refractivity contribution in [1.29, 1.82) is 0 Å². The van der Waals surface area contributed by atoms with Gasteiger partial charge in [-0.15, -0.1) is 0 Å². The van der Waals surface area contributed by atoms with Gasteiger partial charge in [0.2, 0.25) is 5.91 Å². The number of carbonyl (C=O) groups excluding carboxylic acids is 2. The Hall–Kier alpha value is -3.68. The summed E-state index contributed by atoms with van der Waals surface area (Å²) in [6, 6.07) is 11.7. The van der Waals surface area contributed by atoms with Crippen molar-refractivity contribution in [2.75, 3.05) is 12.4 Å². The van der Waals surface area contributed by atoms with Crippen LogP contribution >= 0.6 is 0 Å². The van der Waals surface area contributed by atoms with Gasteiger partial charge in [-0.05, 0) is 37.0 Å². The Bertz CT molecular complexity index is 1100. The average molecular weight is 422 g/mol. The van der Waals surface area contributed by atoms with Crippen LogP contribution in [0.5, 0.6) is 0 Å². The molecular formula is C23H27N5O3. The molecule has 0 bridgehead atoms. The number of nitrogens with one attached hydrogen (secondary N) is 2. The monoisotopic (exact) mass is 421 g/mol. The fourth-order valence-electron chi connectivity index (χ4n) is 3.28. The molecule has 3 aromatic rings. The van der Waals surface area contributed by atoms with Crippen molar-refractivity contribution in [2.45, 2.75) is 39.3 Å². The zero-order chi connectivity index (χ0) is 22.2. The number of hydrogen-bond acceptors (Lipinski definition) is 4. The Labute approximate surface area is 180 Å². The van der Waals surface area contributed by atoms with Gasteiger partial charge in [-0.25, -0.2) is 0 Å². The number of rotatable bonds is 9. The molecule has 0 saturated carbocycles. The van der Waals surface area contributed by atoms with Crippen molar-refractivity contribution in [3.63, 3.8) is 0 Å². The predicted octanol–water partition coefficient (Wildman–Crippen LogP) is 2.37. The Kier molecular flexibility index (Phi) is 7.37. The van der Waals surface area contributed by atoms with Crippen LogP contribution in [0.4, 0.5) is 5.69 Å². The highest BCUT2D eigenvalue weighted by atomic mass is 16.2. The molecule has 0 aliphatic heterocycles. The lowest BCUT2D eigenvalue weighted by molar-refractivity contribution is -0.120. The van der Waals surface area contributed by atoms with E-state index >= 15 is 0 Å². The van der Waals surface area contributed by atoms with Crippen LogP contribution in [0.15, 0.2) is 59.8 Å². The van der Waals surface area contributed by atoms with E-state index in [0.29, 0.717) is 43.6 Å². The highest BCUT2D eigenvalue weighted by Gasteiger charge is 2.17. The van der Waals surface area contributed by atoms with Crippen LogP contribution in [-0.4, -0.2) is 33.2 Å². The highest BCUT2D eigenvalue weighted by Crippen LogP contribution is 2.10. The van der Waals surface area contributed by atoms with Gasteiger partial charge in [0.1, 0.15) is 5.56 Å². The van der Waals surface area contributed by atoms with E-state index in [1.54, 1.807) is 41.7 Å². The molecule has 1 aromatic carbocycles. The van der Waals surface area contributed by atoms with Gasteiger partial charge in [0.25, 0.3) is 11.5 Å². The number of pyridine rings is 1. The van der Waals surface area contributed by atoms with Gasteiger partial charge in [0.15, 0.2) is 0 Å². The quantitative estimate of drug-likeness (QED) is 0.554. The second-order valence-corrected chi connectivity index (χ2v) is 7.33. The van der Waals surface area contributed by atoms with Gasteiger partial charge in [-0.3, -0.25) is 19.1 Å². The number of nitrogens with zero attached hydrogens (tertiary/aromatic N) is 3. The van der Waals surface area contributed by atoms with Crippen molar-refractivity contribution in [1.82, 2.24) is 19.7 Å². The van der Waals surface area contributed by atoms with Crippen molar-refractivity contribution in [3.8, 4) is 0 Å². The second-order valence-electron chi connectivity index (χ2n) is 7.33. The molecule has 2 N–H and O–H groups in total. The zero-order valence-corrected chi connectivity index (χ0v) is 17.8. The summed E-state index contributed by atoms with van der Waals surface area (Å²) >= 11 is 0. The first-order valence-electron chi connectivity index (χ1n) is 10.3. The van der Waals surface area contributed by atoms with Crippen molar-refractivity contribution >= 4 is 17.5 Å². The molecule has 0 aliphatic rings. The van der Waals surface area contributed by atoms with E-state index in [4.69, 9.17) is 0 Å². The van der Waals surface area contributed by atoms with E-state index in [1.807, 2.05) is 30.3 Å². The van der Waals surface area contributed by atoms with Gasteiger partial charge in [0, 0.05) is 39.0 Å². The number of benzene rings is 1. The number of amides is 2. The predicted molar refractivity (Wildman–Crippen MR) is 119 cm³/mol. The standard InChI is InChI=1S/C23H27N5O3/c1-17-10-13-27(14-11-18-7-4-3-5-8-18)23(31)21(17)22(30)26-19-15-25-28(16-19)12-6-9-20(29)24-2/h3-5,7-8,10,13,15-16H,6,9,11-12,14H2,1-2H3,(H,24,29)(H,26,30). The third-order valence-corrected chi connectivity index (χ3v) is 5.05. The molecule has 2 heterocycles. The van der Waals surface area contributed by atoms with E-state index in [-0.39, 0.29) is 17.0 Å². The molecule has 2 amide bonds. The first-order valence-corrected chi connectivity index (χ1v) is 10.3. The fourth-order valence-corrected chi connectivity index (χ4v) is 3.28. The first-order chi connectivity index (χ1) is 15.0. The summed E-state index contributed by atoms with van der Waals surface area (Å²) in [4.78, 5) is 37.0. The van der Waals surface area contributed by atoms with Gasteiger partial charge in [-0.1, -0.05) is 30.3 Å². The van der Waals surface area contributed by atoms with E-state index in [1.165, 1.54) is 6.20 Å². The molecule has 0 spiro atoms. The van der Waals surface area contributed by atoms with Crippen LogP contribution < -0.4 is 16.2 Å². The third kappa shape index (κ3) is 5.91. The molecule has 0 fully saturated rings. The highest BCUT2D eigenvalue weighted by molar-refractivity contribution is 6.04. The van der Waals surface area contributed by atoms with Gasteiger partial charge < -0.3 is 15.2 Å². The number of carbonyl (C=O) groups is 2. The molecule has 0 aliphatic carbocycles. The maximum Gasteiger partial charge on any atom is 0.263 e. The van der Waals surface area contributed by atoms with Crippen molar-refractivity contribution in [3.05, 3.63) is 82.0 Å². The third-order valence-electron chi connectivity index (χ3n) is 5.05. The number of hydrogen-bond donors (Lipinski definition) is 2. The van der Waals surface area contributed by atoms with E-state index < -0.39 is 5.91 Å². The molecule has 0 radical (unpaired) electrons. The number of anilines is 1. The molecular weight excluding hydrogens is 394 g/mol. The van der Waals surface area contributed by atoms with E-state index in [0.717, 1.165) is 5.56 Å². The van der Waals surface area contributed by atoms with Crippen LogP contribution in [-0.2, 0) is 24.3 Å². The Morgan fingerprint density at radius 2 is 1.87 bits per heavy atom. The van der Waals surface area contributed by atoms with Crippen molar-refractivity contribution in [2.24, 2.45) is 0 Å². The maximum atomic E-state index is 12.9. The summed E-state index contributed by atoms with van der Waals surface area (Å²) in [5, 5.41) is 9.53. The molecule has 0 atom stereocenters. The molecule has 162 valence electrons. The normalized spacial score (nSPS) is 10.6. The van der Waals surface area contributed by atoms with Crippen LogP contribution in [0, 0.1) is 6.92 Å². The lowest BCUT2D eigenvalue weighted by Gasteiger charge is -2.11. The lowest BCUT2D eigenvalue weighted by Crippen LogP contribution is -2.30. The first kappa shape index (κ1) is 22.0. The summed E-state index contributed by atoms with van der Waals surface area (Å²) in [7, 11) is 1.60. The van der Waals surface area contributed by atoms with Gasteiger partial charge >= 0.3 is 0 Å². The minimum Gasteiger partial charge on any atom is -0.359 e. The Morgan fingerprint density at radius 3 is 2.61 bits per heavy atom. The molecule has 3 rings (SSSR count). The summed E-state index contributed by atoms with van der Waals surface area (Å²) in [6.07, 6.45) is 6.69. The van der Waals surface area contributed by atoms with E-state index in [9.17, 15) is 14.4 Å². The summed E-state index contributed by atoms with van der Waals surface area (Å²) in [5.41, 5.74) is 2.07. The summed E-state index contributed by atoms with van der Waals surface area (Å²) in [6.45, 7) is 2.80. The minimum atomic E-state index is -0.457. The van der Waals surface area contributed by atoms with Crippen molar-refractivity contribution < 1.29 is 9.59 Å². The van der Waals surface area contributed by atoms with Gasteiger partial charge in [0.05, 0.1) is 11.9 Å². The minimum absolute atomic E-state index is 0.0243. The Balaban J connectivity index is 1.66. The van der Waals surface area contributed by atoms with Crippen LogP contribution in [0.1, 0.15) is 34.3 Å². The molecule has 2 aromatic heterocycles. The number of aryl methyl sites for hydroxylation is 4. The Morgan fingerprint density at radius 1 is 1.10 bits per heavy atom. The zero-order valence-electron chi connectivity index (χ0n) is 17.8. The maximum absolute atomic E-state index is 12.9.